The number of carbonyl (C=O) groups is 1. The van der Waals surface area contributed by atoms with Crippen LogP contribution >= 0.6 is 15.9 Å². The van der Waals surface area contributed by atoms with Crippen molar-refractivity contribution in [1.29, 1.82) is 0 Å². The van der Waals surface area contributed by atoms with E-state index in [1.54, 1.807) is 0 Å². The Morgan fingerprint density at radius 2 is 2.14 bits per heavy atom. The highest BCUT2D eigenvalue weighted by Gasteiger charge is 2.14. The first kappa shape index (κ1) is 17.2. The number of carbonyl (C=O) groups excluding carboxylic acids is 1. The zero-order chi connectivity index (χ0) is 15.9. The number of rotatable bonds is 5. The van der Waals surface area contributed by atoms with Gasteiger partial charge < -0.3 is 15.5 Å². The number of nitrogens with zero attached hydrogens (tertiary/aromatic N) is 1. The van der Waals surface area contributed by atoms with E-state index in [0.717, 1.165) is 32.0 Å². The molecule has 2 rings (SSSR count). The van der Waals surface area contributed by atoms with Crippen LogP contribution in [-0.2, 0) is 0 Å². The lowest BCUT2D eigenvalue weighted by Gasteiger charge is -2.30. The highest BCUT2D eigenvalue weighted by Crippen LogP contribution is 2.22. The summed E-state index contributed by atoms with van der Waals surface area (Å²) in [6, 6.07) is 3.91. The van der Waals surface area contributed by atoms with Crippen LogP contribution in [0.25, 0.3) is 0 Å². The van der Waals surface area contributed by atoms with Crippen molar-refractivity contribution in [3.63, 3.8) is 0 Å². The molecular formula is C16H23BrFN3O. The van der Waals surface area contributed by atoms with Crippen molar-refractivity contribution in [3.8, 4) is 0 Å². The van der Waals surface area contributed by atoms with E-state index < -0.39 is 0 Å². The summed E-state index contributed by atoms with van der Waals surface area (Å²) in [5, 5.41) is 5.53. The van der Waals surface area contributed by atoms with Crippen LogP contribution in [0.3, 0.4) is 0 Å². The van der Waals surface area contributed by atoms with Gasteiger partial charge in [0.15, 0.2) is 0 Å². The van der Waals surface area contributed by atoms with Gasteiger partial charge in [0.05, 0.1) is 5.69 Å². The third kappa shape index (κ3) is 5.57. The molecule has 1 saturated heterocycles. The molecule has 4 nitrogen and oxygen atoms in total. The fourth-order valence-electron chi connectivity index (χ4n) is 2.55. The van der Waals surface area contributed by atoms with Gasteiger partial charge in [-0.3, -0.25) is 0 Å². The maximum atomic E-state index is 13.0. The Morgan fingerprint density at radius 3 is 2.82 bits per heavy atom. The van der Waals surface area contributed by atoms with Gasteiger partial charge in [-0.15, -0.1) is 0 Å². The summed E-state index contributed by atoms with van der Waals surface area (Å²) >= 11 is 3.23. The topological polar surface area (TPSA) is 44.4 Å². The quantitative estimate of drug-likeness (QED) is 0.772. The average Bonchev–Trinajstić information content (AvgIpc) is 2.48. The standard InChI is InChI=1S/C16H23BrFN3O/c1-12-5-9-21(10-6-12)8-2-7-19-16(22)20-15-4-3-13(18)11-14(15)17/h3-4,11-12H,2,5-10H2,1H3,(H2,19,20,22). The number of amides is 2. The summed E-state index contributed by atoms with van der Waals surface area (Å²) in [4.78, 5) is 14.2. The Balaban J connectivity index is 1.63. The summed E-state index contributed by atoms with van der Waals surface area (Å²) < 4.78 is 13.5. The number of benzene rings is 1. The minimum atomic E-state index is -0.339. The van der Waals surface area contributed by atoms with Crippen LogP contribution in [0.4, 0.5) is 14.9 Å². The second kappa shape index (κ2) is 8.48. The largest absolute Gasteiger partial charge is 0.338 e. The van der Waals surface area contributed by atoms with Crippen molar-refractivity contribution >= 4 is 27.6 Å². The van der Waals surface area contributed by atoms with Crippen molar-refractivity contribution in [2.45, 2.75) is 26.2 Å². The molecule has 1 heterocycles. The van der Waals surface area contributed by atoms with Gasteiger partial charge in [-0.2, -0.15) is 0 Å². The average molecular weight is 372 g/mol. The SMILES string of the molecule is CC1CCN(CCCNC(=O)Nc2ccc(F)cc2Br)CC1. The summed E-state index contributed by atoms with van der Waals surface area (Å²) in [6.07, 6.45) is 3.48. The minimum absolute atomic E-state index is 0.264. The smallest absolute Gasteiger partial charge is 0.319 e. The molecule has 0 saturated carbocycles. The van der Waals surface area contributed by atoms with E-state index in [9.17, 15) is 9.18 Å². The Labute approximate surface area is 139 Å². The first-order valence-electron chi connectivity index (χ1n) is 7.77. The third-order valence-electron chi connectivity index (χ3n) is 3.99. The number of halogens is 2. The molecule has 1 aliphatic heterocycles. The van der Waals surface area contributed by atoms with Gasteiger partial charge >= 0.3 is 6.03 Å². The molecule has 1 aliphatic rings. The molecule has 22 heavy (non-hydrogen) atoms. The van der Waals surface area contributed by atoms with E-state index in [0.29, 0.717) is 16.7 Å². The van der Waals surface area contributed by atoms with Gasteiger partial charge in [-0.05, 0) is 78.9 Å². The predicted molar refractivity (Wildman–Crippen MR) is 90.6 cm³/mol. The van der Waals surface area contributed by atoms with E-state index in [4.69, 9.17) is 0 Å². The van der Waals surface area contributed by atoms with E-state index in [1.807, 2.05) is 0 Å². The molecule has 1 aromatic rings. The maximum absolute atomic E-state index is 13.0. The molecule has 2 amide bonds. The van der Waals surface area contributed by atoms with Gasteiger partial charge in [0, 0.05) is 11.0 Å². The van der Waals surface area contributed by atoms with Crippen LogP contribution in [-0.4, -0.2) is 37.1 Å². The molecule has 0 radical (unpaired) electrons. The third-order valence-corrected chi connectivity index (χ3v) is 4.65. The molecule has 0 bridgehead atoms. The highest BCUT2D eigenvalue weighted by atomic mass is 79.9. The number of nitrogens with one attached hydrogen (secondary N) is 2. The Kier molecular flexibility index (Phi) is 6.64. The summed E-state index contributed by atoms with van der Waals surface area (Å²) in [5.41, 5.74) is 0.559. The molecule has 1 fully saturated rings. The molecule has 0 atom stereocenters. The van der Waals surface area contributed by atoms with Crippen LogP contribution in [0.2, 0.25) is 0 Å². The second-order valence-corrected chi connectivity index (χ2v) is 6.74. The lowest BCUT2D eigenvalue weighted by Crippen LogP contribution is -2.36. The van der Waals surface area contributed by atoms with E-state index in [-0.39, 0.29) is 11.8 Å². The van der Waals surface area contributed by atoms with Crippen molar-refractivity contribution in [3.05, 3.63) is 28.5 Å². The molecule has 122 valence electrons. The zero-order valence-electron chi connectivity index (χ0n) is 12.9. The molecule has 0 aliphatic carbocycles. The van der Waals surface area contributed by atoms with Gasteiger partial charge in [-0.25, -0.2) is 9.18 Å². The van der Waals surface area contributed by atoms with Crippen molar-refractivity contribution in [1.82, 2.24) is 10.2 Å². The number of anilines is 1. The molecule has 0 unspecified atom stereocenters. The Bertz CT molecular complexity index is 504. The molecular weight excluding hydrogens is 349 g/mol. The number of piperidine rings is 1. The first-order chi connectivity index (χ1) is 10.5. The lowest BCUT2D eigenvalue weighted by molar-refractivity contribution is 0.190. The molecule has 2 N–H and O–H groups in total. The maximum Gasteiger partial charge on any atom is 0.319 e. The lowest BCUT2D eigenvalue weighted by atomic mass is 9.99. The summed E-state index contributed by atoms with van der Waals surface area (Å²) in [7, 11) is 0. The Hall–Kier alpha value is -1.14. The number of hydrogen-bond donors (Lipinski definition) is 2. The molecule has 0 spiro atoms. The monoisotopic (exact) mass is 371 g/mol. The van der Waals surface area contributed by atoms with Crippen molar-refractivity contribution in [2.24, 2.45) is 5.92 Å². The fraction of sp³-hybridized carbons (Fsp3) is 0.562. The molecule has 0 aromatic heterocycles. The Morgan fingerprint density at radius 1 is 1.41 bits per heavy atom. The number of likely N-dealkylation sites (tertiary alicyclic amines) is 1. The van der Waals surface area contributed by atoms with Crippen LogP contribution < -0.4 is 10.6 Å². The zero-order valence-corrected chi connectivity index (χ0v) is 14.5. The van der Waals surface area contributed by atoms with Crippen LogP contribution in [0, 0.1) is 11.7 Å². The normalized spacial score (nSPS) is 16.5. The highest BCUT2D eigenvalue weighted by molar-refractivity contribution is 9.10. The number of hydrogen-bond acceptors (Lipinski definition) is 2. The summed E-state index contributed by atoms with van der Waals surface area (Å²) in [6.45, 7) is 6.28. The predicted octanol–water partition coefficient (Wildman–Crippen LogP) is 3.83. The van der Waals surface area contributed by atoms with Gasteiger partial charge in [0.2, 0.25) is 0 Å². The first-order valence-corrected chi connectivity index (χ1v) is 8.56. The van der Waals surface area contributed by atoms with Crippen LogP contribution in [0.5, 0.6) is 0 Å². The van der Waals surface area contributed by atoms with Crippen molar-refractivity contribution < 1.29 is 9.18 Å². The van der Waals surface area contributed by atoms with E-state index >= 15 is 0 Å². The molecule has 6 heteroatoms. The molecule has 1 aromatic carbocycles. The minimum Gasteiger partial charge on any atom is -0.338 e. The van der Waals surface area contributed by atoms with E-state index in [1.165, 1.54) is 31.0 Å². The van der Waals surface area contributed by atoms with Crippen LogP contribution in [0.15, 0.2) is 22.7 Å². The van der Waals surface area contributed by atoms with Gasteiger partial charge in [0.25, 0.3) is 0 Å². The van der Waals surface area contributed by atoms with Crippen LogP contribution in [0.1, 0.15) is 26.2 Å². The second-order valence-electron chi connectivity index (χ2n) is 5.88. The fourth-order valence-corrected chi connectivity index (χ4v) is 3.00. The van der Waals surface area contributed by atoms with Crippen molar-refractivity contribution in [2.75, 3.05) is 31.5 Å². The van der Waals surface area contributed by atoms with Gasteiger partial charge in [0.1, 0.15) is 5.82 Å². The van der Waals surface area contributed by atoms with E-state index in [2.05, 4.69) is 38.4 Å². The number of urea groups is 1. The van der Waals surface area contributed by atoms with Gasteiger partial charge in [-0.1, -0.05) is 6.92 Å². The summed E-state index contributed by atoms with van der Waals surface area (Å²) in [5.74, 6) is 0.503.